The number of carboxylic acid groups (broad SMARTS) is 1. The van der Waals surface area contributed by atoms with Gasteiger partial charge in [-0.05, 0) is 42.4 Å². The molecule has 0 aliphatic carbocycles. The molecule has 1 unspecified atom stereocenters. The van der Waals surface area contributed by atoms with Gasteiger partial charge in [0.1, 0.15) is 17.4 Å². The van der Waals surface area contributed by atoms with Crippen LogP contribution >= 0.6 is 0 Å². The molecule has 3 aliphatic rings. The van der Waals surface area contributed by atoms with Gasteiger partial charge in [0.2, 0.25) is 0 Å². The molecule has 8 nitrogen and oxygen atoms in total. The molecule has 1 aromatic carbocycles. The summed E-state index contributed by atoms with van der Waals surface area (Å²) >= 11 is 0. The molecule has 1 N–H and O–H groups in total. The van der Waals surface area contributed by atoms with Crippen LogP contribution in [0.2, 0.25) is 0 Å². The number of carbonyl (C=O) groups is 3. The lowest BCUT2D eigenvalue weighted by molar-refractivity contribution is -0.149. The van der Waals surface area contributed by atoms with Crippen LogP contribution in [0.4, 0.5) is 0 Å². The topological polar surface area (TPSA) is 99.5 Å². The molecule has 2 saturated heterocycles. The Hall–Kier alpha value is -2.90. The normalized spacial score (nSPS) is 22.6. The molecule has 0 bridgehead atoms. The second-order valence-electron chi connectivity index (χ2n) is 10.5. The highest BCUT2D eigenvalue weighted by molar-refractivity contribution is 6.39. The summed E-state index contributed by atoms with van der Waals surface area (Å²) in [5.74, 6) is -1.31. The summed E-state index contributed by atoms with van der Waals surface area (Å²) in [5.41, 5.74) is 1.59. The van der Waals surface area contributed by atoms with Crippen molar-refractivity contribution in [1.82, 2.24) is 9.80 Å². The monoisotopic (exact) mass is 455 g/mol. The van der Waals surface area contributed by atoms with E-state index in [1.807, 2.05) is 29.2 Å². The Labute approximate surface area is 194 Å². The second-order valence-corrected chi connectivity index (χ2v) is 10.5. The van der Waals surface area contributed by atoms with Crippen molar-refractivity contribution in [2.24, 2.45) is 5.16 Å². The van der Waals surface area contributed by atoms with Gasteiger partial charge in [-0.25, -0.2) is 4.79 Å². The summed E-state index contributed by atoms with van der Waals surface area (Å²) in [6.45, 7) is 7.91. The fourth-order valence-corrected chi connectivity index (χ4v) is 4.91. The molecule has 0 saturated carbocycles. The number of likely N-dealkylation sites (tertiary alicyclic amines) is 2. The summed E-state index contributed by atoms with van der Waals surface area (Å²) < 4.78 is 0. The van der Waals surface area contributed by atoms with Gasteiger partial charge in [-0.15, -0.1) is 0 Å². The second kappa shape index (κ2) is 8.80. The highest BCUT2D eigenvalue weighted by Crippen LogP contribution is 2.36. The minimum Gasteiger partial charge on any atom is -0.480 e. The van der Waals surface area contributed by atoms with Gasteiger partial charge < -0.3 is 19.7 Å². The molecule has 1 atom stereocenters. The summed E-state index contributed by atoms with van der Waals surface area (Å²) in [5, 5.41) is 13.5. The molecule has 33 heavy (non-hydrogen) atoms. The predicted molar refractivity (Wildman–Crippen MR) is 123 cm³/mol. The molecule has 8 heteroatoms. The first kappa shape index (κ1) is 23.3. The number of rotatable bonds is 3. The third kappa shape index (κ3) is 4.75. The zero-order chi connectivity index (χ0) is 23.8. The molecule has 178 valence electrons. The van der Waals surface area contributed by atoms with Crippen molar-refractivity contribution in [3.05, 3.63) is 35.4 Å². The van der Waals surface area contributed by atoms with Crippen LogP contribution in [0.3, 0.4) is 0 Å². The SMILES string of the molecule is CC(C)(C)c1ccc(C(=O)N2CCC3(CC2)CC(C(=O)N2CCCCC2C(=O)O)=NO3)cc1. The lowest BCUT2D eigenvalue weighted by atomic mass is 9.85. The maximum atomic E-state index is 13.0. The van der Waals surface area contributed by atoms with E-state index in [2.05, 4.69) is 25.9 Å². The number of piperidine rings is 2. The fourth-order valence-electron chi connectivity index (χ4n) is 4.91. The van der Waals surface area contributed by atoms with E-state index in [1.165, 1.54) is 10.5 Å². The summed E-state index contributed by atoms with van der Waals surface area (Å²) in [7, 11) is 0. The van der Waals surface area contributed by atoms with Gasteiger partial charge in [-0.2, -0.15) is 0 Å². The smallest absolute Gasteiger partial charge is 0.326 e. The Bertz CT molecular complexity index is 955. The zero-order valence-electron chi connectivity index (χ0n) is 19.7. The van der Waals surface area contributed by atoms with Crippen LogP contribution in [-0.4, -0.2) is 69.7 Å². The van der Waals surface area contributed by atoms with Crippen LogP contribution in [0.15, 0.2) is 29.4 Å². The lowest BCUT2D eigenvalue weighted by Gasteiger charge is -2.37. The number of hydrogen-bond donors (Lipinski definition) is 1. The Morgan fingerprint density at radius 2 is 1.70 bits per heavy atom. The Balaban J connectivity index is 1.35. The van der Waals surface area contributed by atoms with Crippen molar-refractivity contribution in [3.8, 4) is 0 Å². The van der Waals surface area contributed by atoms with E-state index in [4.69, 9.17) is 4.84 Å². The van der Waals surface area contributed by atoms with Crippen molar-refractivity contribution in [3.63, 3.8) is 0 Å². The maximum absolute atomic E-state index is 13.0. The van der Waals surface area contributed by atoms with Crippen molar-refractivity contribution in [2.45, 2.75) is 76.4 Å². The van der Waals surface area contributed by atoms with Gasteiger partial charge in [-0.1, -0.05) is 38.1 Å². The Morgan fingerprint density at radius 1 is 1.03 bits per heavy atom. The van der Waals surface area contributed by atoms with Crippen molar-refractivity contribution < 1.29 is 24.3 Å². The molecular formula is C25H33N3O5. The highest BCUT2D eigenvalue weighted by atomic mass is 16.7. The van der Waals surface area contributed by atoms with Crippen LogP contribution in [0.25, 0.3) is 0 Å². The fraction of sp³-hybridized carbons (Fsp3) is 0.600. The van der Waals surface area contributed by atoms with Gasteiger partial charge in [0, 0.05) is 44.5 Å². The van der Waals surface area contributed by atoms with Gasteiger partial charge >= 0.3 is 5.97 Å². The molecule has 0 aromatic heterocycles. The van der Waals surface area contributed by atoms with Crippen LogP contribution in [0, 0.1) is 0 Å². The number of aliphatic carboxylic acids is 1. The predicted octanol–water partition coefficient (Wildman–Crippen LogP) is 3.20. The molecular weight excluding hydrogens is 422 g/mol. The summed E-state index contributed by atoms with van der Waals surface area (Å²) in [4.78, 5) is 46.5. The van der Waals surface area contributed by atoms with Gasteiger partial charge in [0.25, 0.3) is 11.8 Å². The van der Waals surface area contributed by atoms with Gasteiger partial charge in [0.15, 0.2) is 0 Å². The van der Waals surface area contributed by atoms with Crippen LogP contribution in [-0.2, 0) is 19.8 Å². The molecule has 0 radical (unpaired) electrons. The van der Waals surface area contributed by atoms with E-state index in [-0.39, 0.29) is 17.2 Å². The first-order valence-electron chi connectivity index (χ1n) is 11.8. The quantitative estimate of drug-likeness (QED) is 0.755. The standard InChI is InChI=1S/C25H33N3O5/c1-24(2,3)18-9-7-17(8-10-18)21(29)27-14-11-25(12-15-27)16-19(26-33-25)22(30)28-13-5-4-6-20(28)23(31)32/h7-10,20H,4-6,11-16H2,1-3H3,(H,31,32). The van der Waals surface area contributed by atoms with Crippen molar-refractivity contribution in [1.29, 1.82) is 0 Å². The van der Waals surface area contributed by atoms with Gasteiger partial charge in [0.05, 0.1) is 0 Å². The van der Waals surface area contributed by atoms with E-state index >= 15 is 0 Å². The zero-order valence-corrected chi connectivity index (χ0v) is 19.7. The molecule has 1 aromatic rings. The van der Waals surface area contributed by atoms with E-state index in [0.717, 1.165) is 12.8 Å². The van der Waals surface area contributed by atoms with Crippen LogP contribution in [0.5, 0.6) is 0 Å². The van der Waals surface area contributed by atoms with Crippen molar-refractivity contribution in [2.75, 3.05) is 19.6 Å². The molecule has 2 fully saturated rings. The molecule has 3 aliphatic heterocycles. The summed E-state index contributed by atoms with van der Waals surface area (Å²) in [6.07, 6.45) is 3.59. The third-order valence-electron chi connectivity index (χ3n) is 7.09. The number of amides is 2. The number of benzene rings is 1. The molecule has 1 spiro atoms. The number of carboxylic acids is 1. The largest absolute Gasteiger partial charge is 0.480 e. The molecule has 2 amide bonds. The Kier molecular flexibility index (Phi) is 6.20. The minimum absolute atomic E-state index is 0.00172. The number of nitrogens with zero attached hydrogens (tertiary/aromatic N) is 3. The van der Waals surface area contributed by atoms with E-state index in [9.17, 15) is 19.5 Å². The number of carbonyl (C=O) groups excluding carboxylic acids is 2. The molecule has 3 heterocycles. The van der Waals surface area contributed by atoms with E-state index in [1.54, 1.807) is 0 Å². The first-order valence-corrected chi connectivity index (χ1v) is 11.8. The average molecular weight is 456 g/mol. The van der Waals surface area contributed by atoms with Crippen LogP contribution < -0.4 is 0 Å². The van der Waals surface area contributed by atoms with Crippen LogP contribution in [0.1, 0.15) is 75.2 Å². The average Bonchev–Trinajstić information content (AvgIpc) is 3.21. The lowest BCUT2D eigenvalue weighted by Crippen LogP contribution is -2.51. The van der Waals surface area contributed by atoms with E-state index < -0.39 is 17.6 Å². The summed E-state index contributed by atoms with van der Waals surface area (Å²) in [6, 6.07) is 6.99. The number of hydrogen-bond acceptors (Lipinski definition) is 5. The number of oxime groups is 1. The van der Waals surface area contributed by atoms with E-state index in [0.29, 0.717) is 56.6 Å². The van der Waals surface area contributed by atoms with Crippen molar-refractivity contribution >= 4 is 23.5 Å². The van der Waals surface area contributed by atoms with Gasteiger partial charge in [-0.3, -0.25) is 9.59 Å². The highest BCUT2D eigenvalue weighted by Gasteiger charge is 2.46. The minimum atomic E-state index is -0.973. The Morgan fingerprint density at radius 3 is 2.30 bits per heavy atom. The first-order chi connectivity index (χ1) is 15.6. The maximum Gasteiger partial charge on any atom is 0.326 e. The molecule has 4 rings (SSSR count). The third-order valence-corrected chi connectivity index (χ3v) is 7.09.